The van der Waals surface area contributed by atoms with Crippen LogP contribution in [0.25, 0.3) is 20.8 Å². The van der Waals surface area contributed by atoms with Crippen molar-refractivity contribution in [1.82, 2.24) is 15.0 Å². The molecule has 1 fully saturated rings. The van der Waals surface area contributed by atoms with Crippen LogP contribution in [0.2, 0.25) is 0 Å². The van der Waals surface area contributed by atoms with Crippen molar-refractivity contribution in [2.75, 3.05) is 32.0 Å². The molecule has 0 bridgehead atoms. The molecule has 0 saturated carbocycles. The van der Waals surface area contributed by atoms with Gasteiger partial charge in [0.2, 0.25) is 11.7 Å². The van der Waals surface area contributed by atoms with Gasteiger partial charge in [0.1, 0.15) is 0 Å². The van der Waals surface area contributed by atoms with Crippen molar-refractivity contribution in [2.45, 2.75) is 45.3 Å². The first-order chi connectivity index (χ1) is 17.2. The molecule has 1 aliphatic rings. The standard InChI is InChI=1S/C25H31F3N6OS/c1-15(2)13-34-8-7-17(14-34)31-20-6-4-5-18-19(10-25(26,27)28)23(36-22(18)20)24-32-21(35-33-24)9-16(11-29)12-30-3/h4-6,11-12,15,17,31H,7-10,13-14,29H2,1-3H3/b16-11-,30-12?/t17-/m0/s1. The third-order valence-corrected chi connectivity index (χ3v) is 7.26. The first-order valence-electron chi connectivity index (χ1n) is 11.9. The number of nitrogens with two attached hydrogens (primary N) is 1. The molecule has 7 nitrogen and oxygen atoms in total. The minimum Gasteiger partial charge on any atom is -0.404 e. The smallest absolute Gasteiger partial charge is 0.393 e. The van der Waals surface area contributed by atoms with Gasteiger partial charge in [0.25, 0.3) is 0 Å². The van der Waals surface area contributed by atoms with Crippen molar-refractivity contribution < 1.29 is 17.7 Å². The van der Waals surface area contributed by atoms with Crippen LogP contribution >= 0.6 is 11.3 Å². The summed E-state index contributed by atoms with van der Waals surface area (Å²) in [6.07, 6.45) is -1.27. The van der Waals surface area contributed by atoms with E-state index in [1.807, 2.05) is 6.07 Å². The molecule has 3 aromatic rings. The van der Waals surface area contributed by atoms with Gasteiger partial charge in [-0.3, -0.25) is 4.99 Å². The quantitative estimate of drug-likeness (QED) is 0.373. The molecular weight excluding hydrogens is 489 g/mol. The molecular formula is C25H31F3N6OS. The zero-order valence-corrected chi connectivity index (χ0v) is 21.4. The summed E-state index contributed by atoms with van der Waals surface area (Å²) in [4.78, 5) is 11.1. The fourth-order valence-electron chi connectivity index (χ4n) is 4.60. The van der Waals surface area contributed by atoms with E-state index in [2.05, 4.69) is 39.2 Å². The predicted molar refractivity (Wildman–Crippen MR) is 139 cm³/mol. The number of anilines is 1. The highest BCUT2D eigenvalue weighted by atomic mass is 32.1. The van der Waals surface area contributed by atoms with Crippen LogP contribution in [0, 0.1) is 5.92 Å². The van der Waals surface area contributed by atoms with Crippen LogP contribution in [0.1, 0.15) is 31.7 Å². The van der Waals surface area contributed by atoms with Crippen LogP contribution in [-0.4, -0.2) is 60.2 Å². The Morgan fingerprint density at radius 3 is 2.89 bits per heavy atom. The van der Waals surface area contributed by atoms with Crippen LogP contribution in [0.3, 0.4) is 0 Å². The first-order valence-corrected chi connectivity index (χ1v) is 12.7. The van der Waals surface area contributed by atoms with Crippen LogP contribution in [0.4, 0.5) is 18.9 Å². The van der Waals surface area contributed by atoms with Crippen LogP contribution < -0.4 is 11.1 Å². The van der Waals surface area contributed by atoms with Crippen molar-refractivity contribution in [3.8, 4) is 10.7 Å². The van der Waals surface area contributed by atoms with E-state index >= 15 is 0 Å². The third-order valence-electron chi connectivity index (χ3n) is 5.99. The molecule has 0 aliphatic carbocycles. The molecule has 0 radical (unpaired) electrons. The highest BCUT2D eigenvalue weighted by molar-refractivity contribution is 7.23. The van der Waals surface area contributed by atoms with E-state index in [0.717, 1.165) is 36.4 Å². The second-order valence-corrected chi connectivity index (χ2v) is 10.5. The van der Waals surface area contributed by atoms with E-state index < -0.39 is 12.6 Å². The first kappa shape index (κ1) is 26.2. The molecule has 11 heteroatoms. The molecule has 0 amide bonds. The summed E-state index contributed by atoms with van der Waals surface area (Å²) in [5, 5.41) is 8.15. The Morgan fingerprint density at radius 2 is 2.19 bits per heavy atom. The second kappa shape index (κ2) is 11.0. The molecule has 0 unspecified atom stereocenters. The number of hydrogen-bond donors (Lipinski definition) is 2. The molecule has 1 aliphatic heterocycles. The zero-order valence-electron chi connectivity index (χ0n) is 20.6. The molecule has 3 heterocycles. The van der Waals surface area contributed by atoms with E-state index in [0.29, 0.717) is 21.8 Å². The Labute approximate surface area is 212 Å². The number of alkyl halides is 3. The van der Waals surface area contributed by atoms with E-state index in [4.69, 9.17) is 10.3 Å². The van der Waals surface area contributed by atoms with Gasteiger partial charge < -0.3 is 20.5 Å². The highest BCUT2D eigenvalue weighted by Crippen LogP contribution is 2.43. The Morgan fingerprint density at radius 1 is 1.39 bits per heavy atom. The molecule has 1 saturated heterocycles. The van der Waals surface area contributed by atoms with Gasteiger partial charge >= 0.3 is 6.18 Å². The van der Waals surface area contributed by atoms with Gasteiger partial charge in [-0.2, -0.15) is 18.2 Å². The summed E-state index contributed by atoms with van der Waals surface area (Å²) in [5.74, 6) is 0.985. The number of fused-ring (bicyclic) bond motifs is 1. The van der Waals surface area contributed by atoms with Gasteiger partial charge in [-0.1, -0.05) is 31.1 Å². The molecule has 0 spiro atoms. The average Bonchev–Trinajstić information content (AvgIpc) is 3.52. The highest BCUT2D eigenvalue weighted by Gasteiger charge is 2.33. The van der Waals surface area contributed by atoms with Gasteiger partial charge in [-0.25, -0.2) is 0 Å². The van der Waals surface area contributed by atoms with Gasteiger partial charge in [0.15, 0.2) is 0 Å². The van der Waals surface area contributed by atoms with Crippen molar-refractivity contribution in [3.05, 3.63) is 41.4 Å². The van der Waals surface area contributed by atoms with Gasteiger partial charge in [-0.15, -0.1) is 11.3 Å². The maximum absolute atomic E-state index is 13.6. The zero-order chi connectivity index (χ0) is 25.9. The Balaban J connectivity index is 1.67. The number of nitrogens with zero attached hydrogens (tertiary/aromatic N) is 4. The molecule has 4 rings (SSSR count). The average molecular weight is 521 g/mol. The number of aliphatic imine (C=N–C) groups is 1. The topological polar surface area (TPSA) is 92.6 Å². The maximum atomic E-state index is 13.6. The van der Waals surface area contributed by atoms with Crippen molar-refractivity contribution >= 4 is 33.3 Å². The van der Waals surface area contributed by atoms with Crippen LogP contribution in [0.5, 0.6) is 0 Å². The van der Waals surface area contributed by atoms with Gasteiger partial charge in [-0.05, 0) is 41.1 Å². The summed E-state index contributed by atoms with van der Waals surface area (Å²) in [6, 6.07) is 5.69. The molecule has 36 heavy (non-hydrogen) atoms. The summed E-state index contributed by atoms with van der Waals surface area (Å²) in [5.41, 5.74) is 7.27. The lowest BCUT2D eigenvalue weighted by Crippen LogP contribution is -2.29. The van der Waals surface area contributed by atoms with Crippen molar-refractivity contribution in [3.63, 3.8) is 0 Å². The van der Waals surface area contributed by atoms with Gasteiger partial charge in [0, 0.05) is 38.9 Å². The van der Waals surface area contributed by atoms with Crippen molar-refractivity contribution in [1.29, 1.82) is 0 Å². The van der Waals surface area contributed by atoms with Crippen molar-refractivity contribution in [2.24, 2.45) is 16.6 Å². The number of benzene rings is 1. The lowest BCUT2D eigenvalue weighted by Gasteiger charge is -2.19. The second-order valence-electron chi connectivity index (χ2n) is 9.48. The van der Waals surface area contributed by atoms with E-state index in [1.54, 1.807) is 25.4 Å². The minimum absolute atomic E-state index is 0.144. The molecule has 2 aromatic heterocycles. The Hall–Kier alpha value is -2.92. The van der Waals surface area contributed by atoms with E-state index in [-0.39, 0.29) is 29.7 Å². The molecule has 1 aromatic carbocycles. The number of thiophene rings is 1. The minimum atomic E-state index is -4.38. The molecule has 1 atom stereocenters. The normalized spacial score (nSPS) is 17.8. The summed E-state index contributed by atoms with van der Waals surface area (Å²) >= 11 is 1.26. The molecule has 194 valence electrons. The van der Waals surface area contributed by atoms with E-state index in [9.17, 15) is 13.2 Å². The fraction of sp³-hybridized carbons (Fsp3) is 0.480. The largest absolute Gasteiger partial charge is 0.404 e. The Bertz CT molecular complexity index is 1250. The number of nitrogens with one attached hydrogen (secondary N) is 1. The maximum Gasteiger partial charge on any atom is 0.393 e. The number of hydrogen-bond acceptors (Lipinski definition) is 8. The number of rotatable bonds is 9. The molecule has 3 N–H and O–H groups in total. The SMILES string of the molecule is CN=C/C(=C\N)Cc1nc(-c2sc3c(N[C@H]4CCN(CC(C)C)C4)cccc3c2CC(F)(F)F)no1. The lowest BCUT2D eigenvalue weighted by molar-refractivity contribution is -0.126. The number of allylic oxidation sites excluding steroid dienone is 1. The van der Waals surface area contributed by atoms with E-state index in [1.165, 1.54) is 17.5 Å². The number of aromatic nitrogens is 2. The van der Waals surface area contributed by atoms with Crippen LogP contribution in [0.15, 0.2) is 39.5 Å². The number of likely N-dealkylation sites (tertiary alicyclic amines) is 1. The predicted octanol–water partition coefficient (Wildman–Crippen LogP) is 5.28. The summed E-state index contributed by atoms with van der Waals surface area (Å²) in [7, 11) is 1.61. The monoisotopic (exact) mass is 520 g/mol. The van der Waals surface area contributed by atoms with Crippen LogP contribution in [-0.2, 0) is 12.8 Å². The Kier molecular flexibility index (Phi) is 7.99. The third kappa shape index (κ3) is 6.25. The fourth-order valence-corrected chi connectivity index (χ4v) is 5.82. The lowest BCUT2D eigenvalue weighted by atomic mass is 10.1. The summed E-state index contributed by atoms with van der Waals surface area (Å²) in [6.45, 7) is 7.35. The summed E-state index contributed by atoms with van der Waals surface area (Å²) < 4.78 is 46.9. The van der Waals surface area contributed by atoms with Gasteiger partial charge in [0.05, 0.1) is 28.1 Å². The number of halogens is 3.